The molecule has 0 aliphatic carbocycles. The van der Waals surface area contributed by atoms with Crippen LogP contribution in [0.25, 0.3) is 11.2 Å². The van der Waals surface area contributed by atoms with Gasteiger partial charge in [-0.1, -0.05) is 66.4 Å². The minimum atomic E-state index is -0.242. The Morgan fingerprint density at radius 3 is 2.39 bits per heavy atom. The van der Waals surface area contributed by atoms with Crippen LogP contribution in [0.5, 0.6) is 0 Å². The van der Waals surface area contributed by atoms with Crippen molar-refractivity contribution in [3.8, 4) is 0 Å². The molecule has 0 atom stereocenters. The molecule has 0 bridgehead atoms. The molecule has 0 unspecified atom stereocenters. The third kappa shape index (κ3) is 5.80. The molecule has 0 aliphatic heterocycles. The van der Waals surface area contributed by atoms with Crippen molar-refractivity contribution in [3.63, 3.8) is 0 Å². The number of benzene rings is 3. The number of rotatable bonds is 9. The molecule has 1 amide bonds. The third-order valence-electron chi connectivity index (χ3n) is 5.85. The van der Waals surface area contributed by atoms with Gasteiger partial charge in [0.15, 0.2) is 10.8 Å². The van der Waals surface area contributed by atoms with E-state index in [0.717, 1.165) is 33.9 Å². The van der Waals surface area contributed by atoms with E-state index in [1.807, 2.05) is 54.6 Å². The zero-order valence-electron chi connectivity index (χ0n) is 19.6. The van der Waals surface area contributed by atoms with Gasteiger partial charge >= 0.3 is 0 Å². The van der Waals surface area contributed by atoms with Gasteiger partial charge in [-0.3, -0.25) is 9.36 Å². The lowest BCUT2D eigenvalue weighted by Crippen LogP contribution is -2.25. The van der Waals surface area contributed by atoms with Gasteiger partial charge < -0.3 is 5.32 Å². The third-order valence-corrected chi connectivity index (χ3v) is 6.90. The van der Waals surface area contributed by atoms with Gasteiger partial charge in [0, 0.05) is 24.1 Å². The normalized spacial score (nSPS) is 11.0. The van der Waals surface area contributed by atoms with Crippen LogP contribution in [0.3, 0.4) is 0 Å². The number of aromatic nitrogens is 3. The van der Waals surface area contributed by atoms with E-state index in [2.05, 4.69) is 27.0 Å². The van der Waals surface area contributed by atoms with Gasteiger partial charge in [0.05, 0.1) is 6.54 Å². The number of amides is 1. The maximum Gasteiger partial charge on any atom is 0.251 e. The highest BCUT2D eigenvalue weighted by Gasteiger charge is 2.14. The molecule has 0 fully saturated rings. The van der Waals surface area contributed by atoms with Crippen LogP contribution in [-0.4, -0.2) is 27.0 Å². The summed E-state index contributed by atoms with van der Waals surface area (Å²) >= 11 is 1.59. The molecule has 1 N–H and O–H groups in total. The minimum Gasteiger partial charge on any atom is -0.352 e. The highest BCUT2D eigenvalue weighted by atomic mass is 32.2. The van der Waals surface area contributed by atoms with Crippen LogP contribution in [0.2, 0.25) is 0 Å². The first-order valence-corrected chi connectivity index (χ1v) is 12.7. The van der Waals surface area contributed by atoms with E-state index in [1.165, 1.54) is 17.7 Å². The predicted octanol–water partition coefficient (Wildman–Crippen LogP) is 5.88. The van der Waals surface area contributed by atoms with Crippen LogP contribution < -0.4 is 5.32 Å². The highest BCUT2D eigenvalue weighted by Crippen LogP contribution is 2.27. The van der Waals surface area contributed by atoms with E-state index in [0.29, 0.717) is 24.4 Å². The summed E-state index contributed by atoms with van der Waals surface area (Å²) in [4.78, 5) is 21.9. The monoisotopic (exact) mass is 496 g/mol. The van der Waals surface area contributed by atoms with Gasteiger partial charge in [0.25, 0.3) is 5.91 Å². The molecule has 2 heterocycles. The lowest BCUT2D eigenvalue weighted by molar-refractivity contribution is 0.0954. The maximum atomic E-state index is 13.2. The standard InChI is InChI=1S/C29H25FN4OS/c30-25-14-10-23(11-15-25)20-36-29-33-26-7-4-17-31-27(26)34(29)19-22-8-12-24(13-9-22)28(35)32-18-16-21-5-2-1-3-6-21/h1-15,17H,16,18-20H2,(H,32,35). The summed E-state index contributed by atoms with van der Waals surface area (Å²) in [5, 5.41) is 3.83. The molecule has 180 valence electrons. The second-order valence-corrected chi connectivity index (χ2v) is 9.37. The first-order chi connectivity index (χ1) is 17.7. The van der Waals surface area contributed by atoms with E-state index in [4.69, 9.17) is 4.98 Å². The fourth-order valence-electron chi connectivity index (χ4n) is 3.93. The maximum absolute atomic E-state index is 13.2. The number of pyridine rings is 1. The fraction of sp³-hybridized carbons (Fsp3) is 0.138. The number of nitrogens with one attached hydrogen (secondary N) is 1. The van der Waals surface area contributed by atoms with E-state index < -0.39 is 0 Å². The summed E-state index contributed by atoms with van der Waals surface area (Å²) < 4.78 is 15.3. The molecule has 5 rings (SSSR count). The summed E-state index contributed by atoms with van der Waals surface area (Å²) in [5.74, 6) is 0.349. The van der Waals surface area contributed by atoms with Gasteiger partial charge in [-0.2, -0.15) is 0 Å². The van der Waals surface area contributed by atoms with E-state index in [9.17, 15) is 9.18 Å². The van der Waals surface area contributed by atoms with Crippen LogP contribution in [0.4, 0.5) is 4.39 Å². The predicted molar refractivity (Wildman–Crippen MR) is 142 cm³/mol. The molecular formula is C29H25FN4OS. The van der Waals surface area contributed by atoms with Crippen molar-refractivity contribution in [1.82, 2.24) is 19.9 Å². The highest BCUT2D eigenvalue weighted by molar-refractivity contribution is 7.98. The van der Waals surface area contributed by atoms with Crippen molar-refractivity contribution in [2.24, 2.45) is 0 Å². The summed E-state index contributed by atoms with van der Waals surface area (Å²) in [5.41, 5.74) is 5.53. The Labute approximate surface area is 213 Å². The first-order valence-electron chi connectivity index (χ1n) is 11.8. The SMILES string of the molecule is O=C(NCCc1ccccc1)c1ccc(Cn2c(SCc3ccc(F)cc3)nc3cccnc32)cc1. The lowest BCUT2D eigenvalue weighted by Gasteiger charge is -2.10. The van der Waals surface area contributed by atoms with Crippen LogP contribution in [-0.2, 0) is 18.7 Å². The molecule has 0 radical (unpaired) electrons. The second kappa shape index (κ2) is 11.2. The second-order valence-electron chi connectivity index (χ2n) is 8.43. The number of halogens is 1. The minimum absolute atomic E-state index is 0.0808. The zero-order valence-corrected chi connectivity index (χ0v) is 20.4. The lowest BCUT2D eigenvalue weighted by atomic mass is 10.1. The molecular weight excluding hydrogens is 471 g/mol. The van der Waals surface area contributed by atoms with Gasteiger partial charge in [-0.15, -0.1) is 0 Å². The summed E-state index contributed by atoms with van der Waals surface area (Å²) in [7, 11) is 0. The van der Waals surface area contributed by atoms with Crippen molar-refractivity contribution < 1.29 is 9.18 Å². The van der Waals surface area contributed by atoms with Gasteiger partial charge in [-0.05, 0) is 59.5 Å². The van der Waals surface area contributed by atoms with E-state index >= 15 is 0 Å². The fourth-order valence-corrected chi connectivity index (χ4v) is 4.89. The van der Waals surface area contributed by atoms with Crippen molar-refractivity contribution in [2.45, 2.75) is 23.9 Å². The Bertz CT molecular complexity index is 1450. The zero-order chi connectivity index (χ0) is 24.7. The number of fused-ring (bicyclic) bond motifs is 1. The Hall–Kier alpha value is -3.97. The van der Waals surface area contributed by atoms with Crippen molar-refractivity contribution in [2.75, 3.05) is 6.54 Å². The Morgan fingerprint density at radius 1 is 0.861 bits per heavy atom. The Balaban J connectivity index is 1.26. The van der Waals surface area contributed by atoms with Gasteiger partial charge in [0.1, 0.15) is 11.3 Å². The summed E-state index contributed by atoms with van der Waals surface area (Å²) in [6, 6.07) is 28.1. The molecule has 0 spiro atoms. The Morgan fingerprint density at radius 2 is 1.61 bits per heavy atom. The molecule has 3 aromatic carbocycles. The molecule has 7 heteroatoms. The number of carbonyl (C=O) groups is 1. The van der Waals surface area contributed by atoms with E-state index in [1.54, 1.807) is 30.1 Å². The molecule has 0 aliphatic rings. The van der Waals surface area contributed by atoms with Gasteiger partial charge in [0.2, 0.25) is 0 Å². The average Bonchev–Trinajstić information content (AvgIpc) is 3.26. The topological polar surface area (TPSA) is 59.8 Å². The average molecular weight is 497 g/mol. The van der Waals surface area contributed by atoms with Crippen LogP contribution in [0.15, 0.2) is 102 Å². The van der Waals surface area contributed by atoms with Crippen molar-refractivity contribution in [3.05, 3.63) is 125 Å². The number of nitrogens with zero attached hydrogens (tertiary/aromatic N) is 3. The van der Waals surface area contributed by atoms with Gasteiger partial charge in [-0.25, -0.2) is 14.4 Å². The Kier molecular flexibility index (Phi) is 7.38. The first kappa shape index (κ1) is 23.8. The van der Waals surface area contributed by atoms with Crippen molar-refractivity contribution >= 4 is 28.8 Å². The number of hydrogen-bond donors (Lipinski definition) is 1. The smallest absolute Gasteiger partial charge is 0.251 e. The summed E-state index contributed by atoms with van der Waals surface area (Å²) in [6.45, 7) is 1.17. The number of hydrogen-bond acceptors (Lipinski definition) is 4. The molecule has 0 saturated heterocycles. The van der Waals surface area contributed by atoms with Crippen LogP contribution in [0.1, 0.15) is 27.0 Å². The van der Waals surface area contributed by atoms with Crippen LogP contribution in [0, 0.1) is 5.82 Å². The molecule has 36 heavy (non-hydrogen) atoms. The largest absolute Gasteiger partial charge is 0.352 e. The number of thioether (sulfide) groups is 1. The van der Waals surface area contributed by atoms with Crippen LogP contribution >= 0.6 is 11.8 Å². The molecule has 5 nitrogen and oxygen atoms in total. The molecule has 2 aromatic heterocycles. The molecule has 0 saturated carbocycles. The number of imidazole rings is 1. The molecule has 5 aromatic rings. The quantitative estimate of drug-likeness (QED) is 0.259. The van der Waals surface area contributed by atoms with E-state index in [-0.39, 0.29) is 11.7 Å². The van der Waals surface area contributed by atoms with Crippen molar-refractivity contribution in [1.29, 1.82) is 0 Å². The summed E-state index contributed by atoms with van der Waals surface area (Å²) in [6.07, 6.45) is 2.56. The number of carbonyl (C=O) groups excluding carboxylic acids is 1.